The predicted molar refractivity (Wildman–Crippen MR) is 77.8 cm³/mol. The van der Waals surface area contributed by atoms with Gasteiger partial charge in [-0.05, 0) is 51.9 Å². The molecule has 19 heavy (non-hydrogen) atoms. The fraction of sp³-hybridized carbons (Fsp3) is 0.824. The van der Waals surface area contributed by atoms with Crippen molar-refractivity contribution in [1.29, 1.82) is 0 Å². The Bertz CT molecular complexity index is 369. The first-order chi connectivity index (χ1) is 8.73. The molecule has 2 aliphatic rings. The summed E-state index contributed by atoms with van der Waals surface area (Å²) in [7, 11) is 0. The van der Waals surface area contributed by atoms with E-state index in [0.717, 1.165) is 11.8 Å². The molecule has 0 aromatic carbocycles. The highest BCUT2D eigenvalue weighted by atomic mass is 16.6. The van der Waals surface area contributed by atoms with Gasteiger partial charge in [-0.3, -0.25) is 0 Å². The first-order valence-corrected chi connectivity index (χ1v) is 7.62. The molecule has 2 nitrogen and oxygen atoms in total. The largest absolute Gasteiger partial charge is 0.456 e. The lowest BCUT2D eigenvalue weighted by molar-refractivity contribution is -0.173. The zero-order chi connectivity index (χ0) is 14.3. The molecule has 0 saturated heterocycles. The van der Waals surface area contributed by atoms with Crippen LogP contribution in [0.15, 0.2) is 12.2 Å². The lowest BCUT2D eigenvalue weighted by Crippen LogP contribution is -2.50. The van der Waals surface area contributed by atoms with Gasteiger partial charge in [0.25, 0.3) is 0 Å². The van der Waals surface area contributed by atoms with Gasteiger partial charge in [0.2, 0.25) is 0 Å². The summed E-state index contributed by atoms with van der Waals surface area (Å²) in [4.78, 5) is 11.9. The summed E-state index contributed by atoms with van der Waals surface area (Å²) >= 11 is 0. The van der Waals surface area contributed by atoms with Crippen molar-refractivity contribution in [2.24, 2.45) is 17.3 Å². The zero-order valence-electron chi connectivity index (χ0n) is 12.9. The highest BCUT2D eigenvalue weighted by Crippen LogP contribution is 2.54. The van der Waals surface area contributed by atoms with Gasteiger partial charge in [0.1, 0.15) is 5.60 Å². The monoisotopic (exact) mass is 264 g/mol. The van der Waals surface area contributed by atoms with Crippen molar-refractivity contribution in [2.45, 2.75) is 71.8 Å². The normalized spacial score (nSPS) is 34.7. The summed E-state index contributed by atoms with van der Waals surface area (Å²) in [5.74, 6) is 1.42. The topological polar surface area (TPSA) is 26.3 Å². The molecule has 2 unspecified atom stereocenters. The summed E-state index contributed by atoms with van der Waals surface area (Å²) in [5.41, 5.74) is 0.191. The van der Waals surface area contributed by atoms with Gasteiger partial charge < -0.3 is 4.74 Å². The third-order valence-corrected chi connectivity index (χ3v) is 5.52. The van der Waals surface area contributed by atoms with Gasteiger partial charge >= 0.3 is 5.97 Å². The quantitative estimate of drug-likeness (QED) is 0.554. The number of hydrogen-bond acceptors (Lipinski definition) is 2. The summed E-state index contributed by atoms with van der Waals surface area (Å²) < 4.78 is 5.77. The highest BCUT2D eigenvalue weighted by Gasteiger charge is 2.50. The number of hydrogen-bond donors (Lipinski definition) is 0. The van der Waals surface area contributed by atoms with Gasteiger partial charge in [-0.15, -0.1) is 0 Å². The van der Waals surface area contributed by atoms with Crippen molar-refractivity contribution in [2.75, 3.05) is 0 Å². The van der Waals surface area contributed by atoms with Gasteiger partial charge in [0, 0.05) is 11.0 Å². The Labute approximate surface area is 117 Å². The molecule has 2 bridgehead atoms. The summed E-state index contributed by atoms with van der Waals surface area (Å²) in [6.07, 6.45) is 7.88. The minimum atomic E-state index is -0.405. The van der Waals surface area contributed by atoms with E-state index in [9.17, 15) is 4.79 Å². The van der Waals surface area contributed by atoms with Crippen molar-refractivity contribution < 1.29 is 9.53 Å². The van der Waals surface area contributed by atoms with Crippen molar-refractivity contribution in [3.63, 3.8) is 0 Å². The standard InChI is InChI=1S/C17H28O2/c1-12(2)15(18)19-16(3,4)17(5)10-13-7-6-8-14(9-13)11-17/h13-14H,1,6-11H2,2-5H3. The molecule has 0 spiro atoms. The number of fused-ring (bicyclic) bond motifs is 2. The SMILES string of the molecule is C=C(C)C(=O)OC(C)(C)C1(C)CC2CCCC(C2)C1. The lowest BCUT2D eigenvalue weighted by Gasteiger charge is -2.52. The van der Waals surface area contributed by atoms with Crippen molar-refractivity contribution in [3.8, 4) is 0 Å². The van der Waals surface area contributed by atoms with Gasteiger partial charge in [0.15, 0.2) is 0 Å². The Hall–Kier alpha value is -0.790. The van der Waals surface area contributed by atoms with Crippen LogP contribution in [-0.4, -0.2) is 11.6 Å². The average Bonchev–Trinajstić information content (AvgIpc) is 2.27. The molecule has 0 amide bonds. The molecule has 2 rings (SSSR count). The van der Waals surface area contributed by atoms with Gasteiger partial charge in [-0.2, -0.15) is 0 Å². The first-order valence-electron chi connectivity index (χ1n) is 7.62. The van der Waals surface area contributed by atoms with E-state index in [0.29, 0.717) is 5.57 Å². The molecular formula is C17H28O2. The highest BCUT2D eigenvalue weighted by molar-refractivity contribution is 5.87. The van der Waals surface area contributed by atoms with Crippen LogP contribution in [0.1, 0.15) is 66.2 Å². The maximum atomic E-state index is 11.9. The van der Waals surface area contributed by atoms with Gasteiger partial charge in [-0.1, -0.05) is 32.8 Å². The molecule has 2 fully saturated rings. The molecule has 2 aliphatic carbocycles. The summed E-state index contributed by atoms with van der Waals surface area (Å²) in [6.45, 7) is 11.9. The number of carbonyl (C=O) groups is 1. The van der Waals surface area contributed by atoms with E-state index >= 15 is 0 Å². The molecule has 0 heterocycles. The molecule has 2 heteroatoms. The van der Waals surface area contributed by atoms with Crippen LogP contribution in [0.2, 0.25) is 0 Å². The lowest BCUT2D eigenvalue weighted by atomic mass is 9.56. The fourth-order valence-corrected chi connectivity index (χ4v) is 4.06. The van der Waals surface area contributed by atoms with Crippen LogP contribution in [0.4, 0.5) is 0 Å². The molecule has 0 aromatic heterocycles. The molecule has 2 atom stereocenters. The van der Waals surface area contributed by atoms with E-state index in [1.807, 2.05) is 0 Å². The molecule has 0 aromatic rings. The van der Waals surface area contributed by atoms with E-state index in [1.54, 1.807) is 6.92 Å². The minimum Gasteiger partial charge on any atom is -0.456 e. The number of esters is 1. The van der Waals surface area contributed by atoms with Crippen LogP contribution in [0.3, 0.4) is 0 Å². The number of ether oxygens (including phenoxy) is 1. The van der Waals surface area contributed by atoms with Crippen LogP contribution in [0.25, 0.3) is 0 Å². The van der Waals surface area contributed by atoms with Crippen LogP contribution in [0.5, 0.6) is 0 Å². The fourth-order valence-electron chi connectivity index (χ4n) is 4.06. The predicted octanol–water partition coefficient (Wildman–Crippen LogP) is 4.49. The zero-order valence-corrected chi connectivity index (χ0v) is 12.9. The average molecular weight is 264 g/mol. The van der Waals surface area contributed by atoms with Gasteiger partial charge in [0.05, 0.1) is 0 Å². The van der Waals surface area contributed by atoms with Crippen LogP contribution in [0, 0.1) is 17.3 Å². The smallest absolute Gasteiger partial charge is 0.333 e. The summed E-state index contributed by atoms with van der Waals surface area (Å²) in [6, 6.07) is 0. The molecule has 0 N–H and O–H groups in total. The van der Waals surface area contributed by atoms with E-state index in [1.165, 1.54) is 38.5 Å². The Balaban J connectivity index is 2.13. The van der Waals surface area contributed by atoms with Crippen LogP contribution < -0.4 is 0 Å². The maximum absolute atomic E-state index is 11.9. The van der Waals surface area contributed by atoms with Crippen molar-refractivity contribution >= 4 is 5.97 Å². The molecule has 0 aliphatic heterocycles. The van der Waals surface area contributed by atoms with E-state index in [-0.39, 0.29) is 11.4 Å². The molecule has 2 saturated carbocycles. The van der Waals surface area contributed by atoms with Crippen LogP contribution >= 0.6 is 0 Å². The molecular weight excluding hydrogens is 236 g/mol. The molecule has 0 radical (unpaired) electrons. The van der Waals surface area contributed by atoms with Crippen LogP contribution in [-0.2, 0) is 9.53 Å². The first kappa shape index (κ1) is 14.6. The summed E-state index contributed by atoms with van der Waals surface area (Å²) in [5, 5.41) is 0. The van der Waals surface area contributed by atoms with E-state index in [4.69, 9.17) is 4.74 Å². The second-order valence-electron chi connectivity index (χ2n) is 7.55. The van der Waals surface area contributed by atoms with E-state index in [2.05, 4.69) is 27.4 Å². The third kappa shape index (κ3) is 2.88. The Morgan fingerprint density at radius 2 is 1.79 bits per heavy atom. The van der Waals surface area contributed by atoms with E-state index < -0.39 is 5.60 Å². The second kappa shape index (κ2) is 4.96. The Morgan fingerprint density at radius 1 is 1.26 bits per heavy atom. The number of rotatable bonds is 3. The maximum Gasteiger partial charge on any atom is 0.333 e. The minimum absolute atomic E-state index is 0.103. The number of carbonyl (C=O) groups excluding carboxylic acids is 1. The van der Waals surface area contributed by atoms with Gasteiger partial charge in [-0.25, -0.2) is 4.79 Å². The Kier molecular flexibility index (Phi) is 3.81. The van der Waals surface area contributed by atoms with Crippen molar-refractivity contribution in [3.05, 3.63) is 12.2 Å². The Morgan fingerprint density at radius 3 is 2.26 bits per heavy atom. The second-order valence-corrected chi connectivity index (χ2v) is 7.55. The third-order valence-electron chi connectivity index (χ3n) is 5.52. The van der Waals surface area contributed by atoms with Crippen molar-refractivity contribution in [1.82, 2.24) is 0 Å². The molecule has 108 valence electrons.